The largest absolute Gasteiger partial charge is 0.374 e. The van der Waals surface area contributed by atoms with Crippen molar-refractivity contribution < 1.29 is 9.47 Å². The molecule has 0 N–H and O–H groups in total. The van der Waals surface area contributed by atoms with Gasteiger partial charge in [0.05, 0.1) is 18.8 Å². The van der Waals surface area contributed by atoms with E-state index in [0.29, 0.717) is 5.92 Å². The van der Waals surface area contributed by atoms with Gasteiger partial charge in [-0.1, -0.05) is 38.1 Å². The van der Waals surface area contributed by atoms with Crippen molar-refractivity contribution in [2.75, 3.05) is 6.61 Å². The zero-order valence-corrected chi connectivity index (χ0v) is 11.8. The first-order valence-corrected chi connectivity index (χ1v) is 7.27. The van der Waals surface area contributed by atoms with Gasteiger partial charge < -0.3 is 9.47 Å². The van der Waals surface area contributed by atoms with Crippen LogP contribution in [0.25, 0.3) is 5.57 Å². The van der Waals surface area contributed by atoms with Gasteiger partial charge in [-0.05, 0) is 41.5 Å². The van der Waals surface area contributed by atoms with Crippen LogP contribution in [0.4, 0.5) is 0 Å². The van der Waals surface area contributed by atoms with Crippen molar-refractivity contribution in [3.63, 3.8) is 0 Å². The summed E-state index contributed by atoms with van der Waals surface area (Å²) in [6.07, 6.45) is 4.96. The Morgan fingerprint density at radius 2 is 2.11 bits per heavy atom. The van der Waals surface area contributed by atoms with E-state index in [-0.39, 0.29) is 12.2 Å². The molecular formula is C17H22O2. The van der Waals surface area contributed by atoms with E-state index in [0.717, 1.165) is 26.1 Å². The van der Waals surface area contributed by atoms with E-state index >= 15 is 0 Å². The van der Waals surface area contributed by atoms with Crippen molar-refractivity contribution in [2.24, 2.45) is 5.92 Å². The molecule has 1 aliphatic heterocycles. The van der Waals surface area contributed by atoms with E-state index in [1.807, 2.05) is 0 Å². The molecule has 0 fully saturated rings. The number of rotatable bonds is 3. The zero-order chi connectivity index (χ0) is 13.2. The van der Waals surface area contributed by atoms with Gasteiger partial charge in [-0.25, -0.2) is 0 Å². The lowest BCUT2D eigenvalue weighted by Crippen LogP contribution is -2.29. The molecule has 0 amide bonds. The maximum Gasteiger partial charge on any atom is 0.0834 e. The van der Waals surface area contributed by atoms with Gasteiger partial charge in [-0.2, -0.15) is 0 Å². The van der Waals surface area contributed by atoms with Gasteiger partial charge in [0, 0.05) is 6.61 Å². The molecule has 1 aromatic rings. The fourth-order valence-electron chi connectivity index (χ4n) is 2.86. The smallest absolute Gasteiger partial charge is 0.0834 e. The summed E-state index contributed by atoms with van der Waals surface area (Å²) in [6.45, 7) is 5.97. The lowest BCUT2D eigenvalue weighted by Gasteiger charge is -2.34. The monoisotopic (exact) mass is 258 g/mol. The average molecular weight is 258 g/mol. The van der Waals surface area contributed by atoms with Gasteiger partial charge in [-0.15, -0.1) is 0 Å². The Balaban J connectivity index is 1.83. The van der Waals surface area contributed by atoms with Crippen LogP contribution in [-0.4, -0.2) is 18.8 Å². The van der Waals surface area contributed by atoms with Gasteiger partial charge >= 0.3 is 0 Å². The highest BCUT2D eigenvalue weighted by molar-refractivity contribution is 5.73. The summed E-state index contributed by atoms with van der Waals surface area (Å²) < 4.78 is 11.9. The van der Waals surface area contributed by atoms with Crippen LogP contribution >= 0.6 is 0 Å². The molecule has 2 aliphatic rings. The Morgan fingerprint density at radius 3 is 2.95 bits per heavy atom. The molecule has 19 heavy (non-hydrogen) atoms. The minimum absolute atomic E-state index is 0.253. The molecule has 1 aromatic carbocycles. The van der Waals surface area contributed by atoms with Crippen molar-refractivity contribution in [3.8, 4) is 0 Å². The van der Waals surface area contributed by atoms with Crippen LogP contribution in [0.1, 0.15) is 37.8 Å². The van der Waals surface area contributed by atoms with Crippen LogP contribution in [0.3, 0.4) is 0 Å². The molecule has 0 unspecified atom stereocenters. The Labute approximate surface area is 115 Å². The van der Waals surface area contributed by atoms with Gasteiger partial charge in [0.25, 0.3) is 0 Å². The minimum Gasteiger partial charge on any atom is -0.374 e. The van der Waals surface area contributed by atoms with E-state index in [1.54, 1.807) is 0 Å². The summed E-state index contributed by atoms with van der Waals surface area (Å²) >= 11 is 0. The summed E-state index contributed by atoms with van der Waals surface area (Å²) in [5.41, 5.74) is 3.99. The second-order valence-corrected chi connectivity index (χ2v) is 5.92. The molecule has 0 spiro atoms. The molecule has 1 aliphatic carbocycles. The highest BCUT2D eigenvalue weighted by atomic mass is 16.5. The molecule has 0 saturated carbocycles. The summed E-state index contributed by atoms with van der Waals surface area (Å²) in [5, 5.41) is 0. The number of ether oxygens (including phenoxy) is 2. The van der Waals surface area contributed by atoms with Crippen molar-refractivity contribution in [2.45, 2.75) is 45.5 Å². The van der Waals surface area contributed by atoms with Gasteiger partial charge in [0.1, 0.15) is 0 Å². The first-order chi connectivity index (χ1) is 9.24. The summed E-state index contributed by atoms with van der Waals surface area (Å²) in [4.78, 5) is 0. The Morgan fingerprint density at radius 1 is 1.26 bits per heavy atom. The second kappa shape index (κ2) is 5.48. The Bertz CT molecular complexity index is 476. The van der Waals surface area contributed by atoms with Crippen molar-refractivity contribution >= 4 is 5.57 Å². The molecule has 3 rings (SSSR count). The topological polar surface area (TPSA) is 18.5 Å². The van der Waals surface area contributed by atoms with E-state index in [9.17, 15) is 0 Å². The van der Waals surface area contributed by atoms with Crippen molar-refractivity contribution in [1.29, 1.82) is 0 Å². The third kappa shape index (κ3) is 2.75. The normalized spacial score (nSPS) is 25.7. The number of hydrogen-bond acceptors (Lipinski definition) is 2. The van der Waals surface area contributed by atoms with Gasteiger partial charge in [0.2, 0.25) is 0 Å². The number of benzene rings is 1. The predicted octanol–water partition coefficient (Wildman–Crippen LogP) is 3.80. The van der Waals surface area contributed by atoms with Crippen molar-refractivity contribution in [1.82, 2.24) is 0 Å². The third-order valence-corrected chi connectivity index (χ3v) is 3.84. The second-order valence-electron chi connectivity index (χ2n) is 5.92. The molecule has 0 saturated heterocycles. The first-order valence-electron chi connectivity index (χ1n) is 7.27. The molecule has 0 radical (unpaired) electrons. The van der Waals surface area contributed by atoms with Crippen LogP contribution in [0.2, 0.25) is 0 Å². The highest BCUT2D eigenvalue weighted by Crippen LogP contribution is 2.36. The molecule has 1 heterocycles. The number of hydrogen-bond donors (Lipinski definition) is 0. The van der Waals surface area contributed by atoms with Crippen LogP contribution < -0.4 is 0 Å². The van der Waals surface area contributed by atoms with Crippen LogP contribution in [0.5, 0.6) is 0 Å². The quantitative estimate of drug-likeness (QED) is 0.821. The maximum absolute atomic E-state index is 5.98. The first kappa shape index (κ1) is 12.9. The fourth-order valence-corrected chi connectivity index (χ4v) is 2.86. The van der Waals surface area contributed by atoms with E-state index in [4.69, 9.17) is 9.47 Å². The standard InChI is InChI=1S/C17H22O2/c1-12(2)10-18-14-7-8-17-16(9-14)15-6-4-3-5-13(15)11-19-17/h3-6,9,12,14,17H,7-8,10-11H2,1-2H3/t14-,17+/m1/s1. The van der Waals surface area contributed by atoms with Crippen molar-refractivity contribution in [3.05, 3.63) is 41.5 Å². The molecule has 102 valence electrons. The summed E-state index contributed by atoms with van der Waals surface area (Å²) in [6, 6.07) is 8.56. The average Bonchev–Trinajstić information content (AvgIpc) is 2.44. The zero-order valence-electron chi connectivity index (χ0n) is 11.8. The molecule has 2 heteroatoms. The predicted molar refractivity (Wildman–Crippen MR) is 76.8 cm³/mol. The lowest BCUT2D eigenvalue weighted by atomic mass is 9.85. The van der Waals surface area contributed by atoms with E-state index in [1.165, 1.54) is 16.7 Å². The minimum atomic E-state index is 0.253. The van der Waals surface area contributed by atoms with E-state index in [2.05, 4.69) is 44.2 Å². The molecule has 0 bridgehead atoms. The Kier molecular flexibility index (Phi) is 3.72. The SMILES string of the molecule is CC(C)CO[C@H]1C=C2c3ccccc3CO[C@H]2CC1. The molecule has 0 aromatic heterocycles. The molecular weight excluding hydrogens is 236 g/mol. The van der Waals surface area contributed by atoms with Gasteiger partial charge in [-0.3, -0.25) is 0 Å². The highest BCUT2D eigenvalue weighted by Gasteiger charge is 2.29. The van der Waals surface area contributed by atoms with E-state index < -0.39 is 0 Å². The third-order valence-electron chi connectivity index (χ3n) is 3.84. The summed E-state index contributed by atoms with van der Waals surface area (Å²) in [7, 11) is 0. The maximum atomic E-state index is 5.98. The molecule has 2 nitrogen and oxygen atoms in total. The summed E-state index contributed by atoms with van der Waals surface area (Å²) in [5.74, 6) is 0.589. The van der Waals surface area contributed by atoms with Crippen LogP contribution in [0.15, 0.2) is 30.3 Å². The van der Waals surface area contributed by atoms with Gasteiger partial charge in [0.15, 0.2) is 0 Å². The fraction of sp³-hybridized carbons (Fsp3) is 0.529. The van der Waals surface area contributed by atoms with Crippen LogP contribution in [0, 0.1) is 5.92 Å². The van der Waals surface area contributed by atoms with Crippen LogP contribution in [-0.2, 0) is 16.1 Å². The molecule has 2 atom stereocenters. The lowest BCUT2D eigenvalue weighted by molar-refractivity contribution is 0.0211. The Hall–Kier alpha value is -1.12. The number of fused-ring (bicyclic) bond motifs is 3.